The van der Waals surface area contributed by atoms with Crippen LogP contribution in [0.4, 0.5) is 0 Å². The molecule has 0 aromatic carbocycles. The molecule has 0 aliphatic heterocycles. The predicted octanol–water partition coefficient (Wildman–Crippen LogP) is 17.0. The number of ether oxygens (including phenoxy) is 1. The molecule has 0 aliphatic carbocycles. The van der Waals surface area contributed by atoms with E-state index in [4.69, 9.17) is 4.74 Å². The van der Waals surface area contributed by atoms with E-state index in [0.29, 0.717) is 12.5 Å². The van der Waals surface area contributed by atoms with Crippen molar-refractivity contribution in [2.75, 3.05) is 6.61 Å². The second kappa shape index (κ2) is 43.4. The van der Waals surface area contributed by atoms with E-state index in [2.05, 4.69) is 20.4 Å². The molecule has 0 fully saturated rings. The monoisotopic (exact) mass is 689 g/mol. The van der Waals surface area contributed by atoms with Crippen molar-refractivity contribution in [1.82, 2.24) is 0 Å². The Labute approximate surface area is 310 Å². The molecule has 49 heavy (non-hydrogen) atoms. The fourth-order valence-corrected chi connectivity index (χ4v) is 7.59. The maximum Gasteiger partial charge on any atom is 0.330 e. The molecule has 0 bridgehead atoms. The van der Waals surface area contributed by atoms with Crippen LogP contribution in [0.25, 0.3) is 0 Å². The van der Waals surface area contributed by atoms with Crippen LogP contribution in [0.15, 0.2) is 12.7 Å². The molecule has 2 heteroatoms. The van der Waals surface area contributed by atoms with Gasteiger partial charge in [-0.15, -0.1) is 0 Å². The Hall–Kier alpha value is -0.790. The summed E-state index contributed by atoms with van der Waals surface area (Å²) in [6.45, 7) is 8.76. The summed E-state index contributed by atoms with van der Waals surface area (Å²) in [5.41, 5.74) is 0. The summed E-state index contributed by atoms with van der Waals surface area (Å²) < 4.78 is 5.48. The number of hydrogen-bond donors (Lipinski definition) is 0. The minimum absolute atomic E-state index is 0.258. The molecule has 0 heterocycles. The van der Waals surface area contributed by atoms with Gasteiger partial charge in [0.15, 0.2) is 0 Å². The summed E-state index contributed by atoms with van der Waals surface area (Å²) in [6.07, 6.45) is 57.8. The molecule has 0 saturated carbocycles. The number of rotatable bonds is 43. The number of hydrogen-bond acceptors (Lipinski definition) is 2. The minimum Gasteiger partial charge on any atom is -0.462 e. The van der Waals surface area contributed by atoms with E-state index < -0.39 is 0 Å². The summed E-state index contributed by atoms with van der Waals surface area (Å²) in [4.78, 5) is 11.7. The van der Waals surface area contributed by atoms with E-state index in [1.165, 1.54) is 263 Å². The lowest BCUT2D eigenvalue weighted by atomic mass is 9.94. The Balaban J connectivity index is 3.59. The van der Waals surface area contributed by atoms with Crippen LogP contribution in [0.3, 0.4) is 0 Å². The normalized spacial score (nSPS) is 12.0. The van der Waals surface area contributed by atoms with E-state index in [9.17, 15) is 4.79 Å². The lowest BCUT2D eigenvalue weighted by molar-refractivity contribution is -0.139. The molecule has 0 aromatic heterocycles. The molecule has 0 amide bonds. The van der Waals surface area contributed by atoms with Gasteiger partial charge in [0.25, 0.3) is 0 Å². The lowest BCUT2D eigenvalue weighted by Gasteiger charge is -2.16. The van der Waals surface area contributed by atoms with E-state index in [1.807, 2.05) is 0 Å². The first-order valence-corrected chi connectivity index (χ1v) is 23.0. The Morgan fingerprint density at radius 3 is 0.796 bits per heavy atom. The summed E-state index contributed by atoms with van der Waals surface area (Å²) >= 11 is 0. The smallest absolute Gasteiger partial charge is 0.330 e. The highest BCUT2D eigenvalue weighted by Gasteiger charge is 2.11. The van der Waals surface area contributed by atoms with Gasteiger partial charge in [0, 0.05) is 6.08 Å². The zero-order valence-corrected chi connectivity index (χ0v) is 34.2. The molecule has 0 saturated heterocycles. The van der Waals surface area contributed by atoms with E-state index >= 15 is 0 Å². The lowest BCUT2D eigenvalue weighted by Crippen LogP contribution is -2.13. The van der Waals surface area contributed by atoms with Crippen molar-refractivity contribution in [2.24, 2.45) is 5.92 Å². The average Bonchev–Trinajstić information content (AvgIpc) is 3.11. The molecule has 1 unspecified atom stereocenters. The van der Waals surface area contributed by atoms with Gasteiger partial charge in [-0.2, -0.15) is 0 Å². The molecule has 0 N–H and O–H groups in total. The molecule has 0 spiro atoms. The third kappa shape index (κ3) is 41.5. The number of carbonyl (C=O) groups excluding carboxylic acids is 1. The van der Waals surface area contributed by atoms with Gasteiger partial charge in [-0.1, -0.05) is 264 Å². The molecule has 0 rings (SSSR count). The third-order valence-electron chi connectivity index (χ3n) is 11.1. The second-order valence-electron chi connectivity index (χ2n) is 16.0. The van der Waals surface area contributed by atoms with Gasteiger partial charge in [0.2, 0.25) is 0 Å². The predicted molar refractivity (Wildman–Crippen MR) is 221 cm³/mol. The van der Waals surface area contributed by atoms with Crippen LogP contribution in [0.2, 0.25) is 0 Å². The van der Waals surface area contributed by atoms with Crippen LogP contribution < -0.4 is 0 Å². The maximum absolute atomic E-state index is 11.7. The second-order valence-corrected chi connectivity index (χ2v) is 16.0. The van der Waals surface area contributed by atoms with Crippen molar-refractivity contribution in [3.8, 4) is 0 Å². The van der Waals surface area contributed by atoms with Gasteiger partial charge in [-0.05, 0) is 18.8 Å². The van der Waals surface area contributed by atoms with Gasteiger partial charge in [-0.25, -0.2) is 4.79 Å². The molecule has 2 nitrogen and oxygen atoms in total. The SMILES string of the molecule is C=CC(=O)OCC(CCCCCCCCCCCCCCCCCCCC)CCCCCCCCCCCCCCCCCCCCCC. The summed E-state index contributed by atoms with van der Waals surface area (Å²) in [6, 6.07) is 0. The fraction of sp³-hybridized carbons (Fsp3) is 0.936. The van der Waals surface area contributed by atoms with Crippen LogP contribution in [0, 0.1) is 5.92 Å². The zero-order valence-electron chi connectivity index (χ0n) is 34.2. The van der Waals surface area contributed by atoms with E-state index in [-0.39, 0.29) is 5.97 Å². The highest BCUT2D eigenvalue weighted by atomic mass is 16.5. The van der Waals surface area contributed by atoms with Gasteiger partial charge >= 0.3 is 5.97 Å². The first-order valence-electron chi connectivity index (χ1n) is 23.0. The largest absolute Gasteiger partial charge is 0.462 e. The molecule has 0 aromatic rings. The fourth-order valence-electron chi connectivity index (χ4n) is 7.59. The Morgan fingerprint density at radius 1 is 0.388 bits per heavy atom. The highest BCUT2D eigenvalue weighted by Crippen LogP contribution is 2.21. The Morgan fingerprint density at radius 2 is 0.592 bits per heavy atom. The van der Waals surface area contributed by atoms with Gasteiger partial charge in [0.1, 0.15) is 0 Å². The van der Waals surface area contributed by atoms with E-state index in [0.717, 1.165) is 0 Å². The van der Waals surface area contributed by atoms with Gasteiger partial charge in [-0.3, -0.25) is 0 Å². The molecule has 1 atom stereocenters. The third-order valence-corrected chi connectivity index (χ3v) is 11.1. The minimum atomic E-state index is -0.258. The van der Waals surface area contributed by atoms with Crippen molar-refractivity contribution >= 4 is 5.97 Å². The molecular formula is C47H92O2. The van der Waals surface area contributed by atoms with Gasteiger partial charge < -0.3 is 4.74 Å². The van der Waals surface area contributed by atoms with E-state index in [1.54, 1.807) is 0 Å². The Kier molecular flexibility index (Phi) is 42.7. The van der Waals surface area contributed by atoms with Crippen LogP contribution in [0.5, 0.6) is 0 Å². The highest BCUT2D eigenvalue weighted by molar-refractivity contribution is 5.81. The van der Waals surface area contributed by atoms with Crippen molar-refractivity contribution in [2.45, 2.75) is 271 Å². The number of unbranched alkanes of at least 4 members (excludes halogenated alkanes) is 36. The summed E-state index contributed by atoms with van der Waals surface area (Å²) in [5.74, 6) is 0.270. The number of carbonyl (C=O) groups is 1. The average molecular weight is 689 g/mol. The van der Waals surface area contributed by atoms with Gasteiger partial charge in [0.05, 0.1) is 6.61 Å². The Bertz CT molecular complexity index is 628. The molecular weight excluding hydrogens is 597 g/mol. The van der Waals surface area contributed by atoms with Crippen molar-refractivity contribution in [1.29, 1.82) is 0 Å². The van der Waals surface area contributed by atoms with Crippen LogP contribution in [0.1, 0.15) is 271 Å². The quantitative estimate of drug-likeness (QED) is 0.0362. The van der Waals surface area contributed by atoms with Crippen LogP contribution >= 0.6 is 0 Å². The molecule has 292 valence electrons. The maximum atomic E-state index is 11.7. The van der Waals surface area contributed by atoms with Crippen molar-refractivity contribution in [3.63, 3.8) is 0 Å². The summed E-state index contributed by atoms with van der Waals surface area (Å²) in [5, 5.41) is 0. The standard InChI is InChI=1S/C47H92O2/c1-4-7-9-11-13-15-17-19-21-23-25-26-28-30-32-34-36-38-40-42-44-46(45-49-47(48)6-3)43-41-39-37-35-33-31-29-27-24-22-20-18-16-14-12-10-8-5-2/h6,46H,3-5,7-45H2,1-2H3. The first kappa shape index (κ1) is 48.2. The van der Waals surface area contributed by atoms with Crippen molar-refractivity contribution < 1.29 is 9.53 Å². The summed E-state index contributed by atoms with van der Waals surface area (Å²) in [7, 11) is 0. The topological polar surface area (TPSA) is 26.3 Å². The van der Waals surface area contributed by atoms with Crippen LogP contribution in [-0.4, -0.2) is 12.6 Å². The molecule has 0 radical (unpaired) electrons. The van der Waals surface area contributed by atoms with Crippen LogP contribution in [-0.2, 0) is 9.53 Å². The van der Waals surface area contributed by atoms with Crippen molar-refractivity contribution in [3.05, 3.63) is 12.7 Å². The first-order chi connectivity index (χ1) is 24.2. The number of esters is 1. The molecule has 0 aliphatic rings. The zero-order chi connectivity index (χ0) is 35.6.